The second kappa shape index (κ2) is 5.33. The van der Waals surface area contributed by atoms with Crippen LogP contribution in [0.5, 0.6) is 0 Å². The normalized spacial score (nSPS) is 11.6. The molecule has 2 aromatic heterocycles. The van der Waals surface area contributed by atoms with Gasteiger partial charge in [-0.3, -0.25) is 0 Å². The highest BCUT2D eigenvalue weighted by Gasteiger charge is 2.15. The molecule has 1 N–H and O–H groups in total. The van der Waals surface area contributed by atoms with Crippen molar-refractivity contribution in [3.05, 3.63) is 77.3 Å². The fourth-order valence-corrected chi connectivity index (χ4v) is 3.67. The summed E-state index contributed by atoms with van der Waals surface area (Å²) in [7, 11) is 0. The summed E-state index contributed by atoms with van der Waals surface area (Å²) in [4.78, 5) is 8.54. The van der Waals surface area contributed by atoms with Crippen LogP contribution in [-0.2, 0) is 0 Å². The second-order valence-electron chi connectivity index (χ2n) is 6.41. The monoisotopic (exact) mass is 342 g/mol. The maximum Gasteiger partial charge on any atom is 0.0950 e. The molecule has 0 atom stereocenters. The van der Waals surface area contributed by atoms with Crippen LogP contribution in [0.15, 0.2) is 66.7 Å². The van der Waals surface area contributed by atoms with E-state index in [-0.39, 0.29) is 0 Å². The number of hydrogen-bond donors (Lipinski definition) is 1. The number of pyridine rings is 1. The number of fused-ring (bicyclic) bond motifs is 5. The summed E-state index contributed by atoms with van der Waals surface area (Å²) in [5.41, 5.74) is 6.46. The molecule has 2 heterocycles. The van der Waals surface area contributed by atoms with Crippen LogP contribution >= 0.6 is 11.6 Å². The smallest absolute Gasteiger partial charge is 0.0950 e. The molecule has 25 heavy (non-hydrogen) atoms. The molecule has 0 unspecified atom stereocenters. The van der Waals surface area contributed by atoms with Crippen LogP contribution in [-0.4, -0.2) is 9.97 Å². The molecule has 120 valence electrons. The van der Waals surface area contributed by atoms with Gasteiger partial charge in [0.1, 0.15) is 0 Å². The fraction of sp³-hybridized carbons (Fsp3) is 0.0455. The number of H-pyrrole nitrogens is 1. The van der Waals surface area contributed by atoms with E-state index in [9.17, 15) is 0 Å². The van der Waals surface area contributed by atoms with Crippen molar-refractivity contribution in [2.75, 3.05) is 0 Å². The standard InChI is InChI=1S/C22H15ClN2/c1-13-6-11-19-17(12-13)20-16-4-2-3-5-18(16)25-22(20)21(24-19)14-7-9-15(23)10-8-14/h2-12,25H,1H3. The zero-order chi connectivity index (χ0) is 17.0. The second-order valence-corrected chi connectivity index (χ2v) is 6.84. The summed E-state index contributed by atoms with van der Waals surface area (Å²) in [5.74, 6) is 0. The predicted octanol–water partition coefficient (Wildman–Crippen LogP) is 6.50. The molecule has 2 nitrogen and oxygen atoms in total. The van der Waals surface area contributed by atoms with E-state index in [0.29, 0.717) is 0 Å². The van der Waals surface area contributed by atoms with E-state index in [0.717, 1.165) is 32.8 Å². The van der Waals surface area contributed by atoms with E-state index in [1.54, 1.807) is 0 Å². The Morgan fingerprint density at radius 2 is 1.68 bits per heavy atom. The molecule has 0 fully saturated rings. The average molecular weight is 343 g/mol. The third kappa shape index (κ3) is 2.22. The number of aromatic nitrogens is 2. The lowest BCUT2D eigenvalue weighted by Gasteiger charge is -2.08. The van der Waals surface area contributed by atoms with Crippen molar-refractivity contribution in [2.24, 2.45) is 0 Å². The van der Waals surface area contributed by atoms with E-state index in [1.807, 2.05) is 24.3 Å². The van der Waals surface area contributed by atoms with E-state index in [4.69, 9.17) is 16.6 Å². The van der Waals surface area contributed by atoms with Gasteiger partial charge in [-0.05, 0) is 37.3 Å². The predicted molar refractivity (Wildman–Crippen MR) is 106 cm³/mol. The number of rotatable bonds is 1. The largest absolute Gasteiger partial charge is 0.353 e. The van der Waals surface area contributed by atoms with E-state index in [2.05, 4.69) is 54.4 Å². The molecule has 0 aliphatic rings. The Labute approximate surface area is 150 Å². The minimum absolute atomic E-state index is 0.730. The Morgan fingerprint density at radius 1 is 0.880 bits per heavy atom. The summed E-state index contributed by atoms with van der Waals surface area (Å²) in [5, 5.41) is 4.37. The molecular formula is C22H15ClN2. The lowest BCUT2D eigenvalue weighted by atomic mass is 10.0. The fourth-order valence-electron chi connectivity index (χ4n) is 3.54. The minimum Gasteiger partial charge on any atom is -0.353 e. The van der Waals surface area contributed by atoms with Crippen molar-refractivity contribution in [3.63, 3.8) is 0 Å². The number of aromatic amines is 1. The number of nitrogens with zero attached hydrogens (tertiary/aromatic N) is 1. The number of benzene rings is 3. The summed E-state index contributed by atoms with van der Waals surface area (Å²) < 4.78 is 0. The van der Waals surface area contributed by atoms with Gasteiger partial charge in [0.05, 0.1) is 16.7 Å². The van der Waals surface area contributed by atoms with Gasteiger partial charge >= 0.3 is 0 Å². The van der Waals surface area contributed by atoms with Crippen LogP contribution in [0.2, 0.25) is 5.02 Å². The topological polar surface area (TPSA) is 28.7 Å². The van der Waals surface area contributed by atoms with E-state index >= 15 is 0 Å². The van der Waals surface area contributed by atoms with Gasteiger partial charge in [-0.15, -0.1) is 0 Å². The molecule has 5 aromatic rings. The van der Waals surface area contributed by atoms with Crippen molar-refractivity contribution in [1.29, 1.82) is 0 Å². The molecule has 5 rings (SSSR count). The van der Waals surface area contributed by atoms with Gasteiger partial charge in [-0.25, -0.2) is 4.98 Å². The lowest BCUT2D eigenvalue weighted by Crippen LogP contribution is -1.89. The van der Waals surface area contributed by atoms with Gasteiger partial charge in [0.15, 0.2) is 0 Å². The zero-order valence-electron chi connectivity index (χ0n) is 13.7. The molecule has 0 radical (unpaired) electrons. The third-order valence-corrected chi connectivity index (χ3v) is 4.97. The van der Waals surface area contributed by atoms with Gasteiger partial charge in [-0.1, -0.05) is 53.6 Å². The zero-order valence-corrected chi connectivity index (χ0v) is 14.4. The Morgan fingerprint density at radius 3 is 2.52 bits per heavy atom. The van der Waals surface area contributed by atoms with Crippen LogP contribution in [0.4, 0.5) is 0 Å². The highest BCUT2D eigenvalue weighted by molar-refractivity contribution is 6.30. The Balaban J connectivity index is 2.00. The quantitative estimate of drug-likeness (QED) is 0.370. The third-order valence-electron chi connectivity index (χ3n) is 4.71. The summed E-state index contributed by atoms with van der Waals surface area (Å²) in [6.45, 7) is 2.12. The molecule has 0 bridgehead atoms. The molecule has 0 aliphatic heterocycles. The number of nitrogens with one attached hydrogen (secondary N) is 1. The van der Waals surface area contributed by atoms with E-state index < -0.39 is 0 Å². The SMILES string of the molecule is Cc1ccc2nc(-c3ccc(Cl)cc3)c3[nH]c4ccccc4c3c2c1. The van der Waals surface area contributed by atoms with Crippen LogP contribution in [0.1, 0.15) is 5.56 Å². The first-order valence-electron chi connectivity index (χ1n) is 8.27. The first-order valence-corrected chi connectivity index (χ1v) is 8.65. The molecule has 0 aliphatic carbocycles. The maximum absolute atomic E-state index is 6.07. The summed E-state index contributed by atoms with van der Waals surface area (Å²) >= 11 is 6.07. The van der Waals surface area contributed by atoms with E-state index in [1.165, 1.54) is 21.7 Å². The van der Waals surface area contributed by atoms with Gasteiger partial charge in [0.2, 0.25) is 0 Å². The van der Waals surface area contributed by atoms with Gasteiger partial charge in [0, 0.05) is 32.3 Å². The average Bonchev–Trinajstić information content (AvgIpc) is 3.02. The molecule has 3 aromatic carbocycles. The molecule has 0 saturated heterocycles. The molecule has 0 saturated carbocycles. The number of halogens is 1. The minimum atomic E-state index is 0.730. The highest BCUT2D eigenvalue weighted by Crippen LogP contribution is 2.37. The number of para-hydroxylation sites is 1. The van der Waals surface area contributed by atoms with Gasteiger partial charge < -0.3 is 4.98 Å². The first kappa shape index (κ1) is 14.5. The summed E-state index contributed by atoms with van der Waals surface area (Å²) in [6.07, 6.45) is 0. The Kier molecular flexibility index (Phi) is 3.09. The molecule has 0 spiro atoms. The number of aryl methyl sites for hydroxylation is 1. The Bertz CT molecular complexity index is 1250. The van der Waals surface area contributed by atoms with Crippen molar-refractivity contribution in [1.82, 2.24) is 9.97 Å². The highest BCUT2D eigenvalue weighted by atomic mass is 35.5. The van der Waals surface area contributed by atoms with Crippen molar-refractivity contribution in [3.8, 4) is 11.3 Å². The van der Waals surface area contributed by atoms with Crippen LogP contribution in [0.25, 0.3) is 44.0 Å². The molecular weight excluding hydrogens is 328 g/mol. The van der Waals surface area contributed by atoms with Crippen LogP contribution < -0.4 is 0 Å². The van der Waals surface area contributed by atoms with Gasteiger partial charge in [-0.2, -0.15) is 0 Å². The van der Waals surface area contributed by atoms with Gasteiger partial charge in [0.25, 0.3) is 0 Å². The summed E-state index contributed by atoms with van der Waals surface area (Å²) in [6, 6.07) is 22.7. The number of hydrogen-bond acceptors (Lipinski definition) is 1. The first-order chi connectivity index (χ1) is 12.2. The van der Waals surface area contributed by atoms with Crippen LogP contribution in [0, 0.1) is 6.92 Å². The van der Waals surface area contributed by atoms with Crippen molar-refractivity contribution >= 4 is 44.3 Å². The molecule has 0 amide bonds. The lowest BCUT2D eigenvalue weighted by molar-refractivity contribution is 1.39. The Hall–Kier alpha value is -2.84. The van der Waals surface area contributed by atoms with Crippen molar-refractivity contribution < 1.29 is 0 Å². The maximum atomic E-state index is 6.07. The van der Waals surface area contributed by atoms with Crippen molar-refractivity contribution in [2.45, 2.75) is 6.92 Å². The van der Waals surface area contributed by atoms with Crippen LogP contribution in [0.3, 0.4) is 0 Å². The molecule has 3 heteroatoms.